The van der Waals surface area contributed by atoms with Gasteiger partial charge in [0.1, 0.15) is 5.69 Å². The number of nitrogens with zero attached hydrogens (tertiary/aromatic N) is 2. The molecule has 2 aromatic rings. The van der Waals surface area contributed by atoms with Crippen molar-refractivity contribution in [2.24, 2.45) is 0 Å². The van der Waals surface area contributed by atoms with Crippen molar-refractivity contribution in [3.05, 3.63) is 77.1 Å². The number of carbonyl (C=O) groups excluding carboxylic acids is 2. The van der Waals surface area contributed by atoms with Crippen molar-refractivity contribution in [3.63, 3.8) is 0 Å². The molecule has 1 aromatic heterocycles. The van der Waals surface area contributed by atoms with Crippen molar-refractivity contribution < 1.29 is 14.3 Å². The Labute approximate surface area is 153 Å². The number of aromatic nitrogens is 1. The number of benzene rings is 1. The molecule has 134 valence electrons. The number of esters is 1. The monoisotopic (exact) mass is 350 g/mol. The highest BCUT2D eigenvalue weighted by molar-refractivity contribution is 6.05. The molecular formula is C21H22N2O3. The van der Waals surface area contributed by atoms with Crippen molar-refractivity contribution in [1.29, 1.82) is 0 Å². The smallest absolute Gasteiger partial charge is 0.330 e. The second-order valence-electron chi connectivity index (χ2n) is 6.20. The second-order valence-corrected chi connectivity index (χ2v) is 6.20. The van der Waals surface area contributed by atoms with Crippen LogP contribution in [0.3, 0.4) is 0 Å². The summed E-state index contributed by atoms with van der Waals surface area (Å²) in [4.78, 5) is 30.4. The molecule has 0 amide bonds. The van der Waals surface area contributed by atoms with Crippen LogP contribution in [0.25, 0.3) is 0 Å². The molecule has 0 spiro atoms. The maximum Gasteiger partial charge on any atom is 0.330 e. The Morgan fingerprint density at radius 2 is 1.96 bits per heavy atom. The van der Waals surface area contributed by atoms with Gasteiger partial charge < -0.3 is 4.74 Å². The fraction of sp³-hybridized carbons (Fsp3) is 0.286. The fourth-order valence-electron chi connectivity index (χ4n) is 3.01. The van der Waals surface area contributed by atoms with E-state index in [4.69, 9.17) is 4.74 Å². The summed E-state index contributed by atoms with van der Waals surface area (Å²) >= 11 is 0. The average molecular weight is 350 g/mol. The van der Waals surface area contributed by atoms with Gasteiger partial charge in [0.25, 0.3) is 0 Å². The lowest BCUT2D eigenvalue weighted by molar-refractivity contribution is -0.137. The van der Waals surface area contributed by atoms with E-state index in [1.807, 2.05) is 12.1 Å². The van der Waals surface area contributed by atoms with E-state index >= 15 is 0 Å². The van der Waals surface area contributed by atoms with Crippen LogP contribution in [0.5, 0.6) is 0 Å². The number of pyridine rings is 1. The second kappa shape index (κ2) is 8.54. The summed E-state index contributed by atoms with van der Waals surface area (Å²) in [6.07, 6.45) is 3.18. The highest BCUT2D eigenvalue weighted by Crippen LogP contribution is 2.20. The molecule has 1 aromatic carbocycles. The third kappa shape index (κ3) is 4.64. The van der Waals surface area contributed by atoms with Crippen LogP contribution < -0.4 is 0 Å². The Balaban J connectivity index is 1.65. The summed E-state index contributed by atoms with van der Waals surface area (Å²) < 4.78 is 4.78. The number of hydrogen-bond acceptors (Lipinski definition) is 5. The average Bonchev–Trinajstić information content (AvgIpc) is 2.67. The number of carbonyl (C=O) groups is 2. The summed E-state index contributed by atoms with van der Waals surface area (Å²) in [6, 6.07) is 14.1. The van der Waals surface area contributed by atoms with Gasteiger partial charge in [0.15, 0.2) is 0 Å². The molecule has 26 heavy (non-hydrogen) atoms. The van der Waals surface area contributed by atoms with Gasteiger partial charge in [-0.25, -0.2) is 9.78 Å². The number of allylic oxidation sites excluding steroid dienone is 1. The molecule has 1 aliphatic heterocycles. The molecule has 0 aliphatic carbocycles. The molecule has 0 unspecified atom stereocenters. The molecule has 5 nitrogen and oxygen atoms in total. The number of fused-ring (bicyclic) bond motifs is 1. The summed E-state index contributed by atoms with van der Waals surface area (Å²) in [5, 5.41) is 0. The summed E-state index contributed by atoms with van der Waals surface area (Å²) in [5.74, 6) is -0.803. The van der Waals surface area contributed by atoms with Gasteiger partial charge in [-0.2, -0.15) is 0 Å². The molecule has 0 bridgehead atoms. The van der Waals surface area contributed by atoms with Crippen LogP contribution in [-0.4, -0.2) is 34.8 Å². The first kappa shape index (κ1) is 18.0. The maximum atomic E-state index is 12.2. The zero-order valence-electron chi connectivity index (χ0n) is 14.9. The maximum absolute atomic E-state index is 12.2. The molecule has 0 saturated carbocycles. The zero-order valence-corrected chi connectivity index (χ0v) is 14.9. The number of rotatable bonds is 6. The molecule has 2 heterocycles. The lowest BCUT2D eigenvalue weighted by Gasteiger charge is -2.28. The Kier molecular flexibility index (Phi) is 5.92. The number of hydrogen-bond donors (Lipinski definition) is 0. The number of ether oxygens (including phenoxy) is 1. The van der Waals surface area contributed by atoms with Crippen molar-refractivity contribution in [3.8, 4) is 0 Å². The van der Waals surface area contributed by atoms with Gasteiger partial charge in [-0.3, -0.25) is 9.69 Å². The minimum absolute atomic E-state index is 0.285. The van der Waals surface area contributed by atoms with E-state index in [1.54, 1.807) is 13.0 Å². The van der Waals surface area contributed by atoms with Gasteiger partial charge in [-0.15, -0.1) is 0 Å². The SMILES string of the molecule is CCOC(=O)/C=C/C(=O)c1ccc2c(n1)CCN(Cc1ccccc1)C2. The molecular weight excluding hydrogens is 328 g/mol. The Hall–Kier alpha value is -2.79. The van der Waals surface area contributed by atoms with Gasteiger partial charge in [-0.05, 0) is 30.2 Å². The van der Waals surface area contributed by atoms with Gasteiger partial charge in [0, 0.05) is 37.8 Å². The fourth-order valence-corrected chi connectivity index (χ4v) is 3.01. The quantitative estimate of drug-likeness (QED) is 0.455. The van der Waals surface area contributed by atoms with Crippen LogP contribution in [0.4, 0.5) is 0 Å². The van der Waals surface area contributed by atoms with Gasteiger partial charge in [0.2, 0.25) is 5.78 Å². The van der Waals surface area contributed by atoms with Gasteiger partial charge in [-0.1, -0.05) is 36.4 Å². The van der Waals surface area contributed by atoms with E-state index in [0.29, 0.717) is 5.69 Å². The standard InChI is InChI=1S/C21H22N2O3/c1-2-26-21(25)11-10-20(24)19-9-8-17-15-23(13-12-18(17)22-19)14-16-6-4-3-5-7-16/h3-11H,2,12-15H2,1H3/b11-10+. The molecule has 3 rings (SSSR count). The lowest BCUT2D eigenvalue weighted by atomic mass is 10.0. The summed E-state index contributed by atoms with van der Waals surface area (Å²) in [5.41, 5.74) is 3.77. The predicted octanol–water partition coefficient (Wildman–Crippen LogP) is 2.94. The first-order chi connectivity index (χ1) is 12.7. The predicted molar refractivity (Wildman–Crippen MR) is 98.6 cm³/mol. The minimum Gasteiger partial charge on any atom is -0.463 e. The molecule has 0 fully saturated rings. The summed E-state index contributed by atoms with van der Waals surface area (Å²) in [7, 11) is 0. The third-order valence-corrected chi connectivity index (χ3v) is 4.29. The Morgan fingerprint density at radius 1 is 1.15 bits per heavy atom. The Morgan fingerprint density at radius 3 is 2.73 bits per heavy atom. The zero-order chi connectivity index (χ0) is 18.4. The van der Waals surface area contributed by atoms with E-state index in [9.17, 15) is 9.59 Å². The number of ketones is 1. The van der Waals surface area contributed by atoms with E-state index < -0.39 is 5.97 Å². The van der Waals surface area contributed by atoms with Crippen LogP contribution in [0.1, 0.15) is 34.2 Å². The van der Waals surface area contributed by atoms with E-state index in [2.05, 4.69) is 34.1 Å². The van der Waals surface area contributed by atoms with Crippen molar-refractivity contribution in [2.75, 3.05) is 13.2 Å². The topological polar surface area (TPSA) is 59.5 Å². The first-order valence-electron chi connectivity index (χ1n) is 8.80. The van der Waals surface area contributed by atoms with Crippen molar-refractivity contribution >= 4 is 11.8 Å². The highest BCUT2D eigenvalue weighted by Gasteiger charge is 2.19. The van der Waals surface area contributed by atoms with Crippen LogP contribution in [-0.2, 0) is 29.0 Å². The largest absolute Gasteiger partial charge is 0.463 e. The van der Waals surface area contributed by atoms with Gasteiger partial charge in [0.05, 0.1) is 6.61 Å². The van der Waals surface area contributed by atoms with Crippen molar-refractivity contribution in [2.45, 2.75) is 26.4 Å². The molecule has 0 N–H and O–H groups in total. The van der Waals surface area contributed by atoms with E-state index in [-0.39, 0.29) is 12.4 Å². The summed E-state index contributed by atoms with van der Waals surface area (Å²) in [6.45, 7) is 4.65. The normalized spacial score (nSPS) is 14.2. The van der Waals surface area contributed by atoms with Crippen LogP contribution in [0, 0.1) is 0 Å². The van der Waals surface area contributed by atoms with Crippen LogP contribution in [0.2, 0.25) is 0 Å². The molecule has 0 saturated heterocycles. The lowest BCUT2D eigenvalue weighted by Crippen LogP contribution is -2.31. The minimum atomic E-state index is -0.518. The van der Waals surface area contributed by atoms with Crippen LogP contribution >= 0.6 is 0 Å². The van der Waals surface area contributed by atoms with Crippen molar-refractivity contribution in [1.82, 2.24) is 9.88 Å². The first-order valence-corrected chi connectivity index (χ1v) is 8.80. The van der Waals surface area contributed by atoms with Crippen LogP contribution in [0.15, 0.2) is 54.6 Å². The highest BCUT2D eigenvalue weighted by atomic mass is 16.5. The van der Waals surface area contributed by atoms with E-state index in [1.165, 1.54) is 11.6 Å². The Bertz CT molecular complexity index is 815. The third-order valence-electron chi connectivity index (χ3n) is 4.29. The van der Waals surface area contributed by atoms with E-state index in [0.717, 1.165) is 43.4 Å². The molecule has 0 atom stereocenters. The van der Waals surface area contributed by atoms with Gasteiger partial charge >= 0.3 is 5.97 Å². The molecule has 5 heteroatoms. The molecule has 0 radical (unpaired) electrons. The molecule has 1 aliphatic rings.